The minimum atomic E-state index is -3.91. The Morgan fingerprint density at radius 2 is 1.81 bits per heavy atom. The number of carbonyl (C=O) groups is 1. The summed E-state index contributed by atoms with van der Waals surface area (Å²) in [5.41, 5.74) is 1.86. The van der Waals surface area contributed by atoms with Crippen molar-refractivity contribution in [3.05, 3.63) is 78.4 Å². The molecule has 5 nitrogen and oxygen atoms in total. The Bertz CT molecular complexity index is 968. The predicted molar refractivity (Wildman–Crippen MR) is 109 cm³/mol. The second-order valence-corrected chi connectivity index (χ2v) is 8.67. The normalized spacial score (nSPS) is 18.9. The fraction of sp³-hybridized carbons (Fsp3) is 0.200. The molecule has 3 rings (SSSR count). The summed E-state index contributed by atoms with van der Waals surface area (Å²) in [5.74, 6) is -0.193. The molecule has 1 amide bonds. The van der Waals surface area contributed by atoms with Crippen LogP contribution in [-0.4, -0.2) is 30.9 Å². The fourth-order valence-electron chi connectivity index (χ4n) is 2.71. The zero-order valence-electron chi connectivity index (χ0n) is 14.9. The largest absolute Gasteiger partial charge is 0.285 e. The maximum atomic E-state index is 12.8. The van der Waals surface area contributed by atoms with Crippen LogP contribution in [0.15, 0.2) is 76.5 Å². The molecule has 1 saturated heterocycles. The van der Waals surface area contributed by atoms with E-state index in [-0.39, 0.29) is 22.5 Å². The van der Waals surface area contributed by atoms with Gasteiger partial charge in [0.05, 0.1) is 4.90 Å². The molecule has 0 spiro atoms. The van der Waals surface area contributed by atoms with Gasteiger partial charge in [0, 0.05) is 6.54 Å². The van der Waals surface area contributed by atoms with Crippen LogP contribution < -0.4 is 0 Å². The molecule has 1 fully saturated rings. The monoisotopic (exact) mass is 400 g/mol. The number of carbonyl (C=O) groups excluding carboxylic acids is 1. The van der Waals surface area contributed by atoms with Gasteiger partial charge in [0.15, 0.2) is 5.17 Å². The Hall–Kier alpha value is -2.38. The standard InChI is InChI=1S/C20H20N2O3S2/c1-3-14-22-19(23)18(16-8-6-5-7-9-16)26-20(22)21-27(24,25)17-12-10-15(4-2)11-13-17/h3,5-13,18H,1,4,14H2,2H3/t18-/m0/s1. The van der Waals surface area contributed by atoms with Gasteiger partial charge in [-0.1, -0.05) is 67.2 Å². The average Bonchev–Trinajstić information content (AvgIpc) is 2.98. The summed E-state index contributed by atoms with van der Waals surface area (Å²) in [6.07, 6.45) is 2.38. The predicted octanol–water partition coefficient (Wildman–Crippen LogP) is 3.80. The fourth-order valence-corrected chi connectivity index (χ4v) is 5.09. The Kier molecular flexibility index (Phi) is 5.82. The number of nitrogens with zero attached hydrogens (tertiary/aromatic N) is 2. The van der Waals surface area contributed by atoms with Crippen molar-refractivity contribution in [2.45, 2.75) is 23.5 Å². The van der Waals surface area contributed by atoms with Crippen LogP contribution in [0.3, 0.4) is 0 Å². The minimum absolute atomic E-state index is 0.113. The van der Waals surface area contributed by atoms with Crippen LogP contribution in [0.25, 0.3) is 0 Å². The lowest BCUT2D eigenvalue weighted by Crippen LogP contribution is -2.30. The van der Waals surface area contributed by atoms with Crippen molar-refractivity contribution in [1.82, 2.24) is 4.90 Å². The van der Waals surface area contributed by atoms with Crippen molar-refractivity contribution in [2.75, 3.05) is 6.54 Å². The highest BCUT2D eigenvalue weighted by Crippen LogP contribution is 2.40. The van der Waals surface area contributed by atoms with Gasteiger partial charge in [0.1, 0.15) is 5.25 Å². The van der Waals surface area contributed by atoms with Crippen molar-refractivity contribution in [3.8, 4) is 0 Å². The van der Waals surface area contributed by atoms with Gasteiger partial charge >= 0.3 is 0 Å². The van der Waals surface area contributed by atoms with E-state index >= 15 is 0 Å². The van der Waals surface area contributed by atoms with Gasteiger partial charge in [0.25, 0.3) is 10.0 Å². The van der Waals surface area contributed by atoms with Crippen LogP contribution in [-0.2, 0) is 21.2 Å². The highest BCUT2D eigenvalue weighted by molar-refractivity contribution is 8.15. The molecule has 0 N–H and O–H groups in total. The van der Waals surface area contributed by atoms with Crippen molar-refractivity contribution >= 4 is 32.9 Å². The van der Waals surface area contributed by atoms with Gasteiger partial charge in [-0.25, -0.2) is 0 Å². The lowest BCUT2D eigenvalue weighted by atomic mass is 10.1. The minimum Gasteiger partial charge on any atom is -0.285 e. The Balaban J connectivity index is 1.96. The summed E-state index contributed by atoms with van der Waals surface area (Å²) >= 11 is 1.15. The number of rotatable bonds is 6. The average molecular weight is 401 g/mol. The smallest absolute Gasteiger partial charge is 0.284 e. The molecule has 1 aliphatic rings. The Morgan fingerprint density at radius 3 is 2.41 bits per heavy atom. The molecule has 27 heavy (non-hydrogen) atoms. The van der Waals surface area contributed by atoms with E-state index in [0.29, 0.717) is 0 Å². The summed E-state index contributed by atoms with van der Waals surface area (Å²) in [7, 11) is -3.91. The summed E-state index contributed by atoms with van der Waals surface area (Å²) < 4.78 is 29.4. The molecule has 2 aromatic rings. The molecule has 0 aromatic heterocycles. The molecule has 0 aliphatic carbocycles. The summed E-state index contributed by atoms with van der Waals surface area (Å²) in [4.78, 5) is 14.3. The first-order valence-electron chi connectivity index (χ1n) is 8.54. The second kappa shape index (κ2) is 8.10. The Morgan fingerprint density at radius 1 is 1.15 bits per heavy atom. The van der Waals surface area contributed by atoms with Crippen molar-refractivity contribution in [3.63, 3.8) is 0 Å². The molecule has 0 unspecified atom stereocenters. The SMILES string of the molecule is C=CCN1C(=O)[C@H](c2ccccc2)SC1=NS(=O)(=O)c1ccc(CC)cc1. The molecule has 1 atom stereocenters. The van der Waals surface area contributed by atoms with Gasteiger partial charge in [0.2, 0.25) is 5.91 Å². The zero-order valence-corrected chi connectivity index (χ0v) is 16.5. The van der Waals surface area contributed by atoms with E-state index in [4.69, 9.17) is 0 Å². The molecular weight excluding hydrogens is 380 g/mol. The summed E-state index contributed by atoms with van der Waals surface area (Å²) in [6.45, 7) is 5.86. The number of amidine groups is 1. The van der Waals surface area contributed by atoms with Crippen LogP contribution in [0.1, 0.15) is 23.3 Å². The molecule has 1 aliphatic heterocycles. The number of aryl methyl sites for hydroxylation is 1. The van der Waals surface area contributed by atoms with Gasteiger partial charge in [-0.2, -0.15) is 8.42 Å². The zero-order chi connectivity index (χ0) is 19.4. The third kappa shape index (κ3) is 4.14. The molecule has 0 bridgehead atoms. The van der Waals surface area contributed by atoms with Gasteiger partial charge in [-0.3, -0.25) is 9.69 Å². The quantitative estimate of drug-likeness (QED) is 0.692. The molecule has 7 heteroatoms. The number of hydrogen-bond donors (Lipinski definition) is 0. The van der Waals surface area contributed by atoms with E-state index in [1.807, 2.05) is 37.3 Å². The van der Waals surface area contributed by atoms with E-state index in [9.17, 15) is 13.2 Å². The van der Waals surface area contributed by atoms with Crippen LogP contribution in [0.4, 0.5) is 0 Å². The molecule has 2 aromatic carbocycles. The van der Waals surface area contributed by atoms with E-state index in [0.717, 1.165) is 29.3 Å². The third-order valence-corrected chi connectivity index (χ3v) is 6.81. The van der Waals surface area contributed by atoms with Crippen LogP contribution in [0.2, 0.25) is 0 Å². The van der Waals surface area contributed by atoms with Crippen molar-refractivity contribution in [2.24, 2.45) is 4.40 Å². The maximum absolute atomic E-state index is 12.8. The highest BCUT2D eigenvalue weighted by atomic mass is 32.2. The summed E-state index contributed by atoms with van der Waals surface area (Å²) in [5, 5.41) is -0.337. The molecular formula is C20H20N2O3S2. The van der Waals surface area contributed by atoms with Gasteiger partial charge in [-0.05, 0) is 29.7 Å². The Labute approximate surface area is 163 Å². The first-order chi connectivity index (χ1) is 13.0. The topological polar surface area (TPSA) is 66.8 Å². The highest BCUT2D eigenvalue weighted by Gasteiger charge is 2.39. The lowest BCUT2D eigenvalue weighted by molar-refractivity contribution is -0.125. The number of benzene rings is 2. The van der Waals surface area contributed by atoms with E-state index in [2.05, 4.69) is 11.0 Å². The van der Waals surface area contributed by atoms with Crippen LogP contribution in [0.5, 0.6) is 0 Å². The number of hydrogen-bond acceptors (Lipinski definition) is 4. The number of thioether (sulfide) groups is 1. The van der Waals surface area contributed by atoms with Gasteiger partial charge < -0.3 is 0 Å². The number of amides is 1. The first-order valence-corrected chi connectivity index (χ1v) is 10.9. The summed E-state index contributed by atoms with van der Waals surface area (Å²) in [6, 6.07) is 15.9. The first kappa shape index (κ1) is 19.4. The van der Waals surface area contributed by atoms with Crippen molar-refractivity contribution < 1.29 is 13.2 Å². The van der Waals surface area contributed by atoms with E-state index < -0.39 is 15.3 Å². The molecule has 1 heterocycles. The molecule has 0 radical (unpaired) electrons. The van der Waals surface area contributed by atoms with Gasteiger partial charge in [-0.15, -0.1) is 11.0 Å². The molecule has 140 valence electrons. The third-order valence-electron chi connectivity index (χ3n) is 4.19. The van der Waals surface area contributed by atoms with E-state index in [1.54, 1.807) is 30.3 Å². The second-order valence-electron chi connectivity index (χ2n) is 5.99. The maximum Gasteiger partial charge on any atom is 0.284 e. The van der Waals surface area contributed by atoms with Crippen LogP contribution >= 0.6 is 11.8 Å². The van der Waals surface area contributed by atoms with Crippen LogP contribution in [0, 0.1) is 0 Å². The van der Waals surface area contributed by atoms with E-state index in [1.165, 1.54) is 4.90 Å². The molecule has 0 saturated carbocycles. The van der Waals surface area contributed by atoms with Crippen molar-refractivity contribution in [1.29, 1.82) is 0 Å². The lowest BCUT2D eigenvalue weighted by Gasteiger charge is -2.13. The number of sulfonamides is 1.